The van der Waals surface area contributed by atoms with Crippen LogP contribution in [0.25, 0.3) is 11.1 Å². The lowest BCUT2D eigenvalue weighted by Crippen LogP contribution is -2.26. The lowest BCUT2D eigenvalue weighted by atomic mass is 10.0. The maximum Gasteiger partial charge on any atom is 0.270 e. The van der Waals surface area contributed by atoms with Gasteiger partial charge in [-0.1, -0.05) is 23.7 Å². The second-order valence-corrected chi connectivity index (χ2v) is 7.72. The third-order valence-electron chi connectivity index (χ3n) is 5.06. The molecule has 0 aliphatic heterocycles. The number of benzene rings is 1. The maximum absolute atomic E-state index is 12.1. The first kappa shape index (κ1) is 19.2. The molecule has 0 spiro atoms. The third-order valence-corrected chi connectivity index (χ3v) is 5.37. The van der Waals surface area contributed by atoms with Crippen molar-refractivity contribution in [1.29, 1.82) is 5.26 Å². The van der Waals surface area contributed by atoms with Gasteiger partial charge in [-0.3, -0.25) is 14.5 Å². The van der Waals surface area contributed by atoms with Crippen molar-refractivity contribution in [3.05, 3.63) is 69.8 Å². The lowest BCUT2D eigenvalue weighted by molar-refractivity contribution is 0.0946. The van der Waals surface area contributed by atoms with Gasteiger partial charge in [-0.25, -0.2) is 0 Å². The molecule has 1 fully saturated rings. The van der Waals surface area contributed by atoms with Gasteiger partial charge in [-0.05, 0) is 56.0 Å². The van der Waals surface area contributed by atoms with Crippen LogP contribution in [0.5, 0.6) is 0 Å². The molecule has 0 atom stereocenters. The SMILES string of the molecule is Cc1nn(Cc2ccc(C(=O)NC3CC3)nc2)c(C)c1-c1ccc(C#N)c(Cl)c1. The number of amides is 1. The molecular formula is C22H20ClN5O. The number of nitrogens with one attached hydrogen (secondary N) is 1. The van der Waals surface area contributed by atoms with E-state index < -0.39 is 0 Å². The fraction of sp³-hybridized carbons (Fsp3) is 0.273. The molecule has 2 heterocycles. The van der Waals surface area contributed by atoms with Crippen molar-refractivity contribution in [3.8, 4) is 17.2 Å². The first-order valence-corrected chi connectivity index (χ1v) is 9.84. The monoisotopic (exact) mass is 405 g/mol. The van der Waals surface area contributed by atoms with Crippen molar-refractivity contribution < 1.29 is 4.79 Å². The van der Waals surface area contributed by atoms with Gasteiger partial charge in [0.1, 0.15) is 11.8 Å². The molecule has 4 rings (SSSR count). The molecule has 7 heteroatoms. The van der Waals surface area contributed by atoms with E-state index >= 15 is 0 Å². The number of aromatic nitrogens is 3. The van der Waals surface area contributed by atoms with Crippen LogP contribution < -0.4 is 5.32 Å². The summed E-state index contributed by atoms with van der Waals surface area (Å²) in [5.74, 6) is -0.120. The van der Waals surface area contributed by atoms with E-state index in [0.29, 0.717) is 28.9 Å². The summed E-state index contributed by atoms with van der Waals surface area (Å²) in [5.41, 5.74) is 5.67. The number of halogens is 1. The highest BCUT2D eigenvalue weighted by molar-refractivity contribution is 6.32. The second kappa shape index (κ2) is 7.69. The van der Waals surface area contributed by atoms with E-state index in [1.165, 1.54) is 0 Å². The van der Waals surface area contributed by atoms with E-state index in [1.54, 1.807) is 24.4 Å². The smallest absolute Gasteiger partial charge is 0.270 e. The number of rotatable bonds is 5. The molecule has 2 aromatic heterocycles. The van der Waals surface area contributed by atoms with Crippen molar-refractivity contribution in [2.45, 2.75) is 39.3 Å². The fourth-order valence-corrected chi connectivity index (χ4v) is 3.57. The largest absolute Gasteiger partial charge is 0.348 e. The van der Waals surface area contributed by atoms with Crippen molar-refractivity contribution in [3.63, 3.8) is 0 Å². The molecule has 1 aliphatic rings. The first-order chi connectivity index (χ1) is 14.0. The van der Waals surface area contributed by atoms with E-state index in [9.17, 15) is 4.79 Å². The number of hydrogen-bond acceptors (Lipinski definition) is 4. The van der Waals surface area contributed by atoms with Gasteiger partial charge in [0.2, 0.25) is 0 Å². The normalized spacial score (nSPS) is 13.2. The summed E-state index contributed by atoms with van der Waals surface area (Å²) in [6, 6.07) is 11.5. The molecule has 0 radical (unpaired) electrons. The molecule has 3 aromatic rings. The van der Waals surface area contributed by atoms with Gasteiger partial charge in [0, 0.05) is 23.5 Å². The van der Waals surface area contributed by atoms with Gasteiger partial charge in [0.25, 0.3) is 5.91 Å². The van der Waals surface area contributed by atoms with Crippen molar-refractivity contribution in [2.75, 3.05) is 0 Å². The van der Waals surface area contributed by atoms with Gasteiger partial charge in [0.05, 0.1) is 22.8 Å². The minimum absolute atomic E-state index is 0.120. The second-order valence-electron chi connectivity index (χ2n) is 7.31. The van der Waals surface area contributed by atoms with Crippen LogP contribution in [0.2, 0.25) is 5.02 Å². The Morgan fingerprint density at radius 1 is 1.31 bits per heavy atom. The molecule has 1 aliphatic carbocycles. The van der Waals surface area contributed by atoms with Crippen molar-refractivity contribution in [2.24, 2.45) is 0 Å². The van der Waals surface area contributed by atoms with Gasteiger partial charge in [-0.15, -0.1) is 0 Å². The summed E-state index contributed by atoms with van der Waals surface area (Å²) in [6.07, 6.45) is 3.82. The van der Waals surface area contributed by atoms with Crippen LogP contribution in [0.1, 0.15) is 45.8 Å². The summed E-state index contributed by atoms with van der Waals surface area (Å²) >= 11 is 6.21. The maximum atomic E-state index is 12.1. The number of hydrogen-bond donors (Lipinski definition) is 1. The number of nitrogens with zero attached hydrogens (tertiary/aromatic N) is 4. The topological polar surface area (TPSA) is 83.6 Å². The molecule has 146 valence electrons. The molecular weight excluding hydrogens is 386 g/mol. The van der Waals surface area contributed by atoms with Crippen LogP contribution in [0.3, 0.4) is 0 Å². The number of carbonyl (C=O) groups is 1. The molecule has 0 unspecified atom stereocenters. The Bertz CT molecular complexity index is 1120. The van der Waals surface area contributed by atoms with E-state index in [4.69, 9.17) is 16.9 Å². The van der Waals surface area contributed by atoms with Crippen LogP contribution in [-0.2, 0) is 6.54 Å². The zero-order chi connectivity index (χ0) is 20.5. The molecule has 29 heavy (non-hydrogen) atoms. The van der Waals surface area contributed by atoms with E-state index in [0.717, 1.165) is 40.9 Å². The van der Waals surface area contributed by atoms with Gasteiger partial charge < -0.3 is 5.32 Å². The predicted octanol–water partition coefficient (Wildman–Crippen LogP) is 4.03. The molecule has 0 bridgehead atoms. The van der Waals surface area contributed by atoms with Crippen LogP contribution in [0.15, 0.2) is 36.5 Å². The summed E-state index contributed by atoms with van der Waals surface area (Å²) in [7, 11) is 0. The summed E-state index contributed by atoms with van der Waals surface area (Å²) in [5, 5.41) is 17.1. The fourth-order valence-electron chi connectivity index (χ4n) is 3.34. The van der Waals surface area contributed by atoms with Crippen LogP contribution in [0, 0.1) is 25.2 Å². The minimum atomic E-state index is -0.120. The highest BCUT2D eigenvalue weighted by atomic mass is 35.5. The Morgan fingerprint density at radius 3 is 2.72 bits per heavy atom. The quantitative estimate of drug-likeness (QED) is 0.694. The minimum Gasteiger partial charge on any atom is -0.348 e. The Hall–Kier alpha value is -3.17. The van der Waals surface area contributed by atoms with E-state index in [2.05, 4.69) is 21.5 Å². The van der Waals surface area contributed by atoms with Crippen LogP contribution in [0.4, 0.5) is 0 Å². The average molecular weight is 406 g/mol. The van der Waals surface area contributed by atoms with Crippen molar-refractivity contribution in [1.82, 2.24) is 20.1 Å². The Morgan fingerprint density at radius 2 is 2.10 bits per heavy atom. The van der Waals surface area contributed by atoms with Gasteiger partial charge in [0.15, 0.2) is 0 Å². The zero-order valence-electron chi connectivity index (χ0n) is 16.2. The molecule has 0 saturated heterocycles. The highest BCUT2D eigenvalue weighted by Gasteiger charge is 2.24. The number of carbonyl (C=O) groups excluding carboxylic acids is 1. The van der Waals surface area contributed by atoms with Crippen LogP contribution >= 0.6 is 11.6 Å². The molecule has 6 nitrogen and oxygen atoms in total. The first-order valence-electron chi connectivity index (χ1n) is 9.46. The Kier molecular flexibility index (Phi) is 5.08. The molecule has 1 saturated carbocycles. The van der Waals surface area contributed by atoms with Gasteiger partial charge >= 0.3 is 0 Å². The Labute approximate surface area is 174 Å². The summed E-state index contributed by atoms with van der Waals surface area (Å²) < 4.78 is 1.91. The van der Waals surface area contributed by atoms with Crippen molar-refractivity contribution >= 4 is 17.5 Å². The highest BCUT2D eigenvalue weighted by Crippen LogP contribution is 2.30. The van der Waals surface area contributed by atoms with Crippen LogP contribution in [-0.4, -0.2) is 26.7 Å². The van der Waals surface area contributed by atoms with E-state index in [1.807, 2.05) is 30.7 Å². The number of aryl methyl sites for hydroxylation is 1. The van der Waals surface area contributed by atoms with Gasteiger partial charge in [-0.2, -0.15) is 10.4 Å². The van der Waals surface area contributed by atoms with E-state index in [-0.39, 0.29) is 5.91 Å². The Balaban J connectivity index is 1.55. The molecule has 1 N–H and O–H groups in total. The predicted molar refractivity (Wildman–Crippen MR) is 111 cm³/mol. The average Bonchev–Trinajstić information content (AvgIpc) is 3.47. The molecule has 1 aromatic carbocycles. The summed E-state index contributed by atoms with van der Waals surface area (Å²) in [4.78, 5) is 16.4. The standard InChI is InChI=1S/C22H20ClN5O/c1-13-21(16-4-5-17(10-24)19(23)9-16)14(2)28(27-13)12-15-3-8-20(25-11-15)22(29)26-18-6-7-18/h3-5,8-9,11,18H,6-7,12H2,1-2H3,(H,26,29). The summed E-state index contributed by atoms with van der Waals surface area (Å²) in [6.45, 7) is 4.51. The zero-order valence-corrected chi connectivity index (χ0v) is 17.0. The molecule has 1 amide bonds. The third kappa shape index (κ3) is 4.01. The number of nitriles is 1. The number of pyridine rings is 1. The lowest BCUT2D eigenvalue weighted by Gasteiger charge is -2.08.